The zero-order valence-corrected chi connectivity index (χ0v) is 20.7. The van der Waals surface area contributed by atoms with Gasteiger partial charge in [0.05, 0.1) is 17.1 Å². The average molecular weight is 533 g/mol. The molecule has 0 radical (unpaired) electrons. The summed E-state index contributed by atoms with van der Waals surface area (Å²) in [5, 5.41) is 6.48. The molecule has 4 heterocycles. The Kier molecular flexibility index (Phi) is 5.46. The van der Waals surface area contributed by atoms with Gasteiger partial charge in [0.25, 0.3) is 6.43 Å². The molecule has 34 heavy (non-hydrogen) atoms. The minimum atomic E-state index is -3.92. The summed E-state index contributed by atoms with van der Waals surface area (Å²) in [7, 11) is -7.20. The smallest absolute Gasteiger partial charge is 0.291 e. The van der Waals surface area contributed by atoms with E-state index in [0.717, 1.165) is 12.8 Å². The molecule has 1 atom stereocenters. The first-order valence-corrected chi connectivity index (χ1v) is 14.7. The van der Waals surface area contributed by atoms with Crippen molar-refractivity contribution < 1.29 is 25.6 Å². The molecule has 1 aliphatic heterocycles. The number of anilines is 1. The van der Waals surface area contributed by atoms with Crippen LogP contribution in [0, 0.1) is 0 Å². The fourth-order valence-corrected chi connectivity index (χ4v) is 7.15. The lowest BCUT2D eigenvalue weighted by Gasteiger charge is -2.21. The number of sulfonamides is 1. The largest absolute Gasteiger partial charge is 0.367 e. The monoisotopic (exact) mass is 532 g/mol. The second kappa shape index (κ2) is 7.90. The van der Waals surface area contributed by atoms with Crippen LogP contribution in [-0.4, -0.2) is 66.6 Å². The predicted octanol–water partition coefficient (Wildman–Crippen LogP) is 2.24. The van der Waals surface area contributed by atoms with Crippen LogP contribution in [-0.2, 0) is 19.9 Å². The second-order valence-electron chi connectivity index (χ2n) is 9.00. The Morgan fingerprint density at radius 1 is 1.24 bits per heavy atom. The SMILES string of the molecule is CC1(NS(=O)(=O)c2cc(N3CC[C@@H](S(C)(=O)=O)C3)c3ncc(-c4nnc(C(F)F)s4)n3c2)CC1. The number of aromatic nitrogens is 4. The highest BCUT2D eigenvalue weighted by Gasteiger charge is 2.42. The highest BCUT2D eigenvalue weighted by Crippen LogP contribution is 2.38. The van der Waals surface area contributed by atoms with Gasteiger partial charge in [0.15, 0.2) is 25.5 Å². The van der Waals surface area contributed by atoms with Gasteiger partial charge in [-0.15, -0.1) is 10.2 Å². The first-order valence-electron chi connectivity index (χ1n) is 10.5. The maximum atomic E-state index is 13.2. The van der Waals surface area contributed by atoms with E-state index in [1.165, 1.54) is 29.1 Å². The number of pyridine rings is 1. The van der Waals surface area contributed by atoms with E-state index < -0.39 is 42.1 Å². The van der Waals surface area contributed by atoms with Crippen LogP contribution in [0.5, 0.6) is 0 Å². The van der Waals surface area contributed by atoms with E-state index >= 15 is 0 Å². The molecular formula is C19H22F2N6O4S3. The van der Waals surface area contributed by atoms with Crippen LogP contribution in [0.1, 0.15) is 37.6 Å². The Labute approximate surface area is 199 Å². The fraction of sp³-hybridized carbons (Fsp3) is 0.526. The number of hydrogen-bond acceptors (Lipinski definition) is 9. The van der Waals surface area contributed by atoms with Crippen LogP contribution >= 0.6 is 11.3 Å². The normalized spacial score (nSPS) is 20.5. The maximum absolute atomic E-state index is 13.2. The van der Waals surface area contributed by atoms with Gasteiger partial charge in [-0.25, -0.2) is 35.3 Å². The Morgan fingerprint density at radius 2 is 1.97 bits per heavy atom. The maximum Gasteiger partial charge on any atom is 0.291 e. The van der Waals surface area contributed by atoms with E-state index in [2.05, 4.69) is 19.9 Å². The number of nitrogens with zero attached hydrogens (tertiary/aromatic N) is 5. The third kappa shape index (κ3) is 4.29. The summed E-state index contributed by atoms with van der Waals surface area (Å²) >= 11 is 0.698. The summed E-state index contributed by atoms with van der Waals surface area (Å²) in [6, 6.07) is 1.48. The number of rotatable bonds is 7. The summed E-state index contributed by atoms with van der Waals surface area (Å²) in [5.74, 6) is 0. The van der Waals surface area contributed by atoms with E-state index in [1.54, 1.807) is 4.90 Å². The lowest BCUT2D eigenvalue weighted by molar-refractivity contribution is 0.150. The Hall–Kier alpha value is -2.23. The van der Waals surface area contributed by atoms with Crippen molar-refractivity contribution >= 4 is 42.5 Å². The van der Waals surface area contributed by atoms with Crippen molar-refractivity contribution in [3.8, 4) is 10.7 Å². The number of halogens is 2. The first kappa shape index (κ1) is 23.5. The molecule has 2 fully saturated rings. The number of nitrogens with one attached hydrogen (secondary N) is 1. The van der Waals surface area contributed by atoms with Crippen LogP contribution in [0.25, 0.3) is 16.3 Å². The van der Waals surface area contributed by atoms with Crippen molar-refractivity contribution in [3.63, 3.8) is 0 Å². The predicted molar refractivity (Wildman–Crippen MR) is 122 cm³/mol. The minimum Gasteiger partial charge on any atom is -0.367 e. The van der Waals surface area contributed by atoms with Crippen molar-refractivity contribution in [2.24, 2.45) is 0 Å². The van der Waals surface area contributed by atoms with Gasteiger partial charge < -0.3 is 4.90 Å². The van der Waals surface area contributed by atoms with Gasteiger partial charge in [0.2, 0.25) is 10.0 Å². The fourth-order valence-electron chi connectivity index (χ4n) is 3.98. The van der Waals surface area contributed by atoms with Crippen LogP contribution in [0.3, 0.4) is 0 Å². The molecule has 3 aromatic heterocycles. The first-order chi connectivity index (χ1) is 15.9. The summed E-state index contributed by atoms with van der Waals surface area (Å²) in [4.78, 5) is 6.15. The second-order valence-corrected chi connectivity index (χ2v) is 14.0. The molecule has 0 spiro atoms. The standard InChI is InChI=1S/C19H22F2N6O4S3/c1-19(4-5-19)25-34(30,31)12-7-13(26-6-3-11(9-26)33(2,28)29)16-22-8-14(27(16)10-12)17-23-24-18(32-17)15(20)21/h7-8,10-11,15,25H,3-6,9H2,1-2H3/t11-/m1/s1. The van der Waals surface area contributed by atoms with E-state index in [9.17, 15) is 25.6 Å². The minimum absolute atomic E-state index is 0.0382. The lowest BCUT2D eigenvalue weighted by atomic mass is 10.3. The highest BCUT2D eigenvalue weighted by molar-refractivity contribution is 7.91. The van der Waals surface area contributed by atoms with Crippen molar-refractivity contribution in [1.29, 1.82) is 0 Å². The Morgan fingerprint density at radius 3 is 2.56 bits per heavy atom. The molecule has 1 saturated heterocycles. The zero-order valence-electron chi connectivity index (χ0n) is 18.3. The molecule has 1 N–H and O–H groups in total. The van der Waals surface area contributed by atoms with Gasteiger partial charge in [0.1, 0.15) is 10.6 Å². The lowest BCUT2D eigenvalue weighted by Crippen LogP contribution is -2.34. The molecule has 0 amide bonds. The van der Waals surface area contributed by atoms with Crippen molar-refractivity contribution in [2.75, 3.05) is 24.2 Å². The Balaban J connectivity index is 1.65. The molecule has 10 nitrogen and oxygen atoms in total. The van der Waals surface area contributed by atoms with E-state index in [1.807, 2.05) is 6.92 Å². The third-order valence-corrected chi connectivity index (χ3v) is 10.3. The number of hydrogen-bond donors (Lipinski definition) is 1. The van der Waals surface area contributed by atoms with Crippen LogP contribution in [0.2, 0.25) is 0 Å². The van der Waals surface area contributed by atoms with Gasteiger partial charge in [-0.3, -0.25) is 4.40 Å². The molecule has 5 rings (SSSR count). The molecule has 3 aromatic rings. The molecule has 2 aliphatic rings. The van der Waals surface area contributed by atoms with Crippen LogP contribution in [0.15, 0.2) is 23.4 Å². The quantitative estimate of drug-likeness (QED) is 0.491. The molecule has 15 heteroatoms. The molecule has 184 valence electrons. The average Bonchev–Trinajstić information content (AvgIpc) is 3.22. The Bertz CT molecular complexity index is 1480. The van der Waals surface area contributed by atoms with Crippen LogP contribution < -0.4 is 9.62 Å². The van der Waals surface area contributed by atoms with Crippen molar-refractivity contribution in [2.45, 2.75) is 48.3 Å². The van der Waals surface area contributed by atoms with Gasteiger partial charge >= 0.3 is 0 Å². The van der Waals surface area contributed by atoms with Gasteiger partial charge in [-0.1, -0.05) is 11.3 Å². The van der Waals surface area contributed by atoms with E-state index in [4.69, 9.17) is 0 Å². The summed E-state index contributed by atoms with van der Waals surface area (Å²) in [6.07, 6.45) is 3.05. The molecule has 1 aliphatic carbocycles. The van der Waals surface area contributed by atoms with E-state index in [0.29, 0.717) is 41.3 Å². The molecule has 0 aromatic carbocycles. The molecular weight excluding hydrogens is 510 g/mol. The van der Waals surface area contributed by atoms with Crippen LogP contribution in [0.4, 0.5) is 14.5 Å². The number of imidazole rings is 1. The molecule has 1 saturated carbocycles. The highest BCUT2D eigenvalue weighted by atomic mass is 32.2. The summed E-state index contributed by atoms with van der Waals surface area (Å²) < 4.78 is 80.9. The van der Waals surface area contributed by atoms with Gasteiger partial charge in [0, 0.05) is 31.1 Å². The summed E-state index contributed by atoms with van der Waals surface area (Å²) in [6.45, 7) is 2.41. The zero-order chi connectivity index (χ0) is 24.5. The van der Waals surface area contributed by atoms with Crippen molar-refractivity contribution in [1.82, 2.24) is 24.3 Å². The number of fused-ring (bicyclic) bond motifs is 1. The number of alkyl halides is 2. The molecule has 0 bridgehead atoms. The number of sulfone groups is 1. The molecule has 0 unspecified atom stereocenters. The summed E-state index contributed by atoms with van der Waals surface area (Å²) in [5.41, 5.74) is 0.620. The van der Waals surface area contributed by atoms with Gasteiger partial charge in [-0.2, -0.15) is 0 Å². The van der Waals surface area contributed by atoms with Crippen molar-refractivity contribution in [3.05, 3.63) is 23.5 Å². The van der Waals surface area contributed by atoms with E-state index in [-0.39, 0.29) is 16.4 Å². The van der Waals surface area contributed by atoms with Gasteiger partial charge in [-0.05, 0) is 32.3 Å². The third-order valence-electron chi connectivity index (χ3n) is 6.19. The topological polar surface area (TPSA) is 127 Å².